The average molecular weight is 376 g/mol. The van der Waals surface area contributed by atoms with Gasteiger partial charge in [0.25, 0.3) is 0 Å². The molecule has 23 heavy (non-hydrogen) atoms. The SMILES string of the molecule is O=P1(O)OCCCCCCC(C(F)(F)C(F)(F)CC(F)(F)F)O1. The third-order valence-corrected chi connectivity index (χ3v) is 4.22. The van der Waals surface area contributed by atoms with Gasteiger partial charge in [-0.3, -0.25) is 9.05 Å². The van der Waals surface area contributed by atoms with Crippen LogP contribution in [0.2, 0.25) is 0 Å². The number of hydrogen-bond donors (Lipinski definition) is 1. The largest absolute Gasteiger partial charge is 0.472 e. The van der Waals surface area contributed by atoms with Gasteiger partial charge in [-0.05, 0) is 12.8 Å². The fourth-order valence-electron chi connectivity index (χ4n) is 2.06. The molecule has 1 saturated heterocycles. The second-order valence-electron chi connectivity index (χ2n) is 5.22. The molecule has 0 aromatic carbocycles. The lowest BCUT2D eigenvalue weighted by Crippen LogP contribution is -2.52. The molecule has 2 unspecified atom stereocenters. The number of halogens is 7. The van der Waals surface area contributed by atoms with Crippen LogP contribution >= 0.6 is 7.82 Å². The van der Waals surface area contributed by atoms with Gasteiger partial charge in [0, 0.05) is 0 Å². The number of alkyl halides is 7. The summed E-state index contributed by atoms with van der Waals surface area (Å²) >= 11 is 0. The molecule has 0 radical (unpaired) electrons. The van der Waals surface area contributed by atoms with E-state index >= 15 is 0 Å². The standard InChI is InChI=1S/C11H16F7O4P/c12-9(13,7-10(14,15)16)11(17,18)8-5-3-1-2-4-6-21-23(19,20)22-8/h8H,1-7H2,(H,19,20). The van der Waals surface area contributed by atoms with Gasteiger partial charge in [0.15, 0.2) is 0 Å². The molecule has 1 fully saturated rings. The maximum atomic E-state index is 13.8. The van der Waals surface area contributed by atoms with Gasteiger partial charge in [-0.1, -0.05) is 19.3 Å². The highest BCUT2D eigenvalue weighted by Gasteiger charge is 2.65. The molecular formula is C11H16F7O4P. The predicted molar refractivity (Wildman–Crippen MR) is 64.3 cm³/mol. The molecular weight excluding hydrogens is 360 g/mol. The minimum absolute atomic E-state index is 0.0671. The lowest BCUT2D eigenvalue weighted by molar-refractivity contribution is -0.288. The van der Waals surface area contributed by atoms with Crippen LogP contribution in [0.4, 0.5) is 30.7 Å². The van der Waals surface area contributed by atoms with Crippen LogP contribution in [0.1, 0.15) is 38.5 Å². The van der Waals surface area contributed by atoms with E-state index in [-0.39, 0.29) is 13.0 Å². The number of rotatable bonds is 3. The lowest BCUT2D eigenvalue weighted by atomic mass is 9.97. The average Bonchev–Trinajstić information content (AvgIpc) is 2.32. The Balaban J connectivity index is 3.01. The zero-order valence-electron chi connectivity index (χ0n) is 11.8. The van der Waals surface area contributed by atoms with Gasteiger partial charge in [-0.15, -0.1) is 0 Å². The highest BCUT2D eigenvalue weighted by atomic mass is 31.2. The topological polar surface area (TPSA) is 55.8 Å². The molecule has 1 rings (SSSR count). The van der Waals surface area contributed by atoms with E-state index in [2.05, 4.69) is 9.05 Å². The molecule has 4 nitrogen and oxygen atoms in total. The van der Waals surface area contributed by atoms with E-state index in [0.29, 0.717) is 19.3 Å². The Hall–Kier alpha value is -0.380. The van der Waals surface area contributed by atoms with Crippen LogP contribution in [0.3, 0.4) is 0 Å². The zero-order chi connectivity index (χ0) is 17.9. The summed E-state index contributed by atoms with van der Waals surface area (Å²) in [6.45, 7) is -0.314. The zero-order valence-corrected chi connectivity index (χ0v) is 12.7. The molecule has 0 amide bonds. The van der Waals surface area contributed by atoms with E-state index in [9.17, 15) is 40.2 Å². The Morgan fingerprint density at radius 3 is 2.13 bits per heavy atom. The van der Waals surface area contributed by atoms with Crippen molar-refractivity contribution < 1.29 is 49.2 Å². The van der Waals surface area contributed by atoms with Gasteiger partial charge in [-0.2, -0.15) is 30.7 Å². The van der Waals surface area contributed by atoms with Crippen molar-refractivity contribution >= 4 is 7.82 Å². The van der Waals surface area contributed by atoms with Crippen molar-refractivity contribution in [3.8, 4) is 0 Å². The van der Waals surface area contributed by atoms with E-state index in [0.717, 1.165) is 0 Å². The third kappa shape index (κ3) is 6.21. The van der Waals surface area contributed by atoms with Gasteiger partial charge in [-0.25, -0.2) is 4.57 Å². The highest BCUT2D eigenvalue weighted by Crippen LogP contribution is 2.53. The smallest absolute Gasteiger partial charge is 0.302 e. The third-order valence-electron chi connectivity index (χ3n) is 3.19. The van der Waals surface area contributed by atoms with Crippen LogP contribution in [-0.2, 0) is 13.6 Å². The van der Waals surface area contributed by atoms with Gasteiger partial charge in [0.2, 0.25) is 0 Å². The number of hydrogen-bond acceptors (Lipinski definition) is 3. The summed E-state index contributed by atoms with van der Waals surface area (Å²) < 4.78 is 111. The predicted octanol–water partition coefficient (Wildman–Crippen LogP) is 4.68. The maximum Gasteiger partial charge on any atom is 0.472 e. The van der Waals surface area contributed by atoms with E-state index in [1.807, 2.05) is 0 Å². The summed E-state index contributed by atoms with van der Waals surface area (Å²) in [6.07, 6.45) is -11.3. The first-order valence-electron chi connectivity index (χ1n) is 6.75. The lowest BCUT2D eigenvalue weighted by Gasteiger charge is -2.34. The van der Waals surface area contributed by atoms with E-state index < -0.39 is 44.8 Å². The molecule has 12 heteroatoms. The highest BCUT2D eigenvalue weighted by molar-refractivity contribution is 7.47. The Labute approximate surface area is 127 Å². The molecule has 1 N–H and O–H groups in total. The Morgan fingerprint density at radius 1 is 1.00 bits per heavy atom. The van der Waals surface area contributed by atoms with Crippen molar-refractivity contribution in [1.29, 1.82) is 0 Å². The van der Waals surface area contributed by atoms with Gasteiger partial charge >= 0.3 is 25.8 Å². The summed E-state index contributed by atoms with van der Waals surface area (Å²) in [5.74, 6) is -10.8. The van der Waals surface area contributed by atoms with Gasteiger partial charge < -0.3 is 4.89 Å². The summed E-state index contributed by atoms with van der Waals surface area (Å²) in [5.41, 5.74) is 0. The quantitative estimate of drug-likeness (QED) is 0.574. The Kier molecular flexibility index (Phi) is 6.51. The summed E-state index contributed by atoms with van der Waals surface area (Å²) in [6, 6.07) is 0. The minimum atomic E-state index is -5.54. The maximum absolute atomic E-state index is 13.8. The number of phosphoric ester groups is 1. The van der Waals surface area contributed by atoms with Crippen molar-refractivity contribution in [2.75, 3.05) is 6.61 Å². The Morgan fingerprint density at radius 2 is 1.57 bits per heavy atom. The molecule has 138 valence electrons. The second kappa shape index (κ2) is 7.25. The van der Waals surface area contributed by atoms with Crippen LogP contribution < -0.4 is 0 Å². The van der Waals surface area contributed by atoms with Crippen LogP contribution in [0, 0.1) is 0 Å². The van der Waals surface area contributed by atoms with Crippen LogP contribution in [0.15, 0.2) is 0 Å². The summed E-state index contributed by atoms with van der Waals surface area (Å²) in [5, 5.41) is 0. The molecule has 2 atom stereocenters. The first kappa shape index (κ1) is 20.7. The molecule has 0 aliphatic carbocycles. The van der Waals surface area contributed by atoms with E-state index in [1.54, 1.807) is 0 Å². The monoisotopic (exact) mass is 376 g/mol. The van der Waals surface area contributed by atoms with Crippen molar-refractivity contribution in [2.24, 2.45) is 0 Å². The van der Waals surface area contributed by atoms with Crippen LogP contribution in [0.25, 0.3) is 0 Å². The number of phosphoric acid groups is 1. The molecule has 1 aliphatic heterocycles. The normalized spacial score (nSPS) is 29.3. The summed E-state index contributed by atoms with van der Waals surface area (Å²) in [4.78, 5) is 9.24. The Bertz CT molecular complexity index is 441. The van der Waals surface area contributed by atoms with Crippen molar-refractivity contribution in [2.45, 2.75) is 62.7 Å². The molecule has 0 bridgehead atoms. The first-order valence-corrected chi connectivity index (χ1v) is 8.24. The second-order valence-corrected chi connectivity index (χ2v) is 6.62. The molecule has 0 saturated carbocycles. The molecule has 0 aromatic heterocycles. The van der Waals surface area contributed by atoms with Crippen molar-refractivity contribution in [3.05, 3.63) is 0 Å². The van der Waals surface area contributed by atoms with E-state index in [4.69, 9.17) is 0 Å². The van der Waals surface area contributed by atoms with Gasteiger partial charge in [0.05, 0.1) is 6.61 Å². The fraction of sp³-hybridized carbons (Fsp3) is 1.00. The van der Waals surface area contributed by atoms with Gasteiger partial charge in [0.1, 0.15) is 12.5 Å². The minimum Gasteiger partial charge on any atom is -0.302 e. The molecule has 0 aromatic rings. The summed E-state index contributed by atoms with van der Waals surface area (Å²) in [7, 11) is -5.07. The van der Waals surface area contributed by atoms with Crippen LogP contribution in [0.5, 0.6) is 0 Å². The first-order chi connectivity index (χ1) is 10.3. The molecule has 0 spiro atoms. The fourth-order valence-corrected chi connectivity index (χ4v) is 3.04. The van der Waals surface area contributed by atoms with Crippen molar-refractivity contribution in [3.63, 3.8) is 0 Å². The van der Waals surface area contributed by atoms with Crippen LogP contribution in [-0.4, -0.2) is 35.6 Å². The van der Waals surface area contributed by atoms with E-state index in [1.165, 1.54) is 0 Å². The molecule has 1 heterocycles. The van der Waals surface area contributed by atoms with Crippen molar-refractivity contribution in [1.82, 2.24) is 0 Å². The molecule has 1 aliphatic rings.